The zero-order chi connectivity index (χ0) is 32.3. The molecule has 0 aromatic heterocycles. The Balaban J connectivity index is 1.78. The van der Waals surface area contributed by atoms with Gasteiger partial charge in [-0.2, -0.15) is 13.2 Å². The van der Waals surface area contributed by atoms with Crippen LogP contribution in [-0.4, -0.2) is 35.7 Å². The second-order valence-electron chi connectivity index (χ2n) is 12.1. The molecular formula is C33H32ClF4NO5. The van der Waals surface area contributed by atoms with Gasteiger partial charge in [-0.15, -0.1) is 0 Å². The molecule has 2 heterocycles. The van der Waals surface area contributed by atoms with Crippen molar-refractivity contribution in [3.63, 3.8) is 0 Å². The summed E-state index contributed by atoms with van der Waals surface area (Å²) in [6.07, 6.45) is -4.87. The summed E-state index contributed by atoms with van der Waals surface area (Å²) in [6, 6.07) is 5.89. The molecule has 6 nitrogen and oxygen atoms in total. The second-order valence-corrected chi connectivity index (χ2v) is 12.5. The van der Waals surface area contributed by atoms with Gasteiger partial charge in [0.2, 0.25) is 0 Å². The van der Waals surface area contributed by atoms with Crippen LogP contribution in [-0.2, 0) is 28.5 Å². The predicted molar refractivity (Wildman–Crippen MR) is 158 cm³/mol. The molecule has 11 heteroatoms. The number of carbonyl (C=O) groups excluding carboxylic acids is 1. The number of anilines is 1. The van der Waals surface area contributed by atoms with E-state index in [1.165, 1.54) is 17.0 Å². The van der Waals surface area contributed by atoms with Crippen LogP contribution >= 0.6 is 11.6 Å². The van der Waals surface area contributed by atoms with Crippen molar-refractivity contribution in [3.8, 4) is 16.9 Å². The molecule has 1 atom stereocenters. The quantitative estimate of drug-likeness (QED) is 0.286. The molecule has 0 bridgehead atoms. The first kappa shape index (κ1) is 31.8. The van der Waals surface area contributed by atoms with Crippen molar-refractivity contribution in [1.82, 2.24) is 0 Å². The smallest absolute Gasteiger partial charge is 0.417 e. The van der Waals surface area contributed by atoms with Crippen molar-refractivity contribution in [2.24, 2.45) is 0 Å². The van der Waals surface area contributed by atoms with E-state index in [0.717, 1.165) is 6.07 Å². The number of ether oxygens (including phenoxy) is 2. The number of aliphatic carboxylic acids is 1. The van der Waals surface area contributed by atoms with Gasteiger partial charge in [-0.3, -0.25) is 4.79 Å². The van der Waals surface area contributed by atoms with E-state index in [9.17, 15) is 27.9 Å². The first-order valence-electron chi connectivity index (χ1n) is 14.2. The Bertz CT molecular complexity index is 1680. The first-order valence-corrected chi connectivity index (χ1v) is 14.6. The maximum atomic E-state index is 15.6. The minimum atomic E-state index is -4.83. The third-order valence-electron chi connectivity index (χ3n) is 7.96. The highest BCUT2D eigenvalue weighted by molar-refractivity contribution is 6.30. The number of carboxylic acids is 1. The van der Waals surface area contributed by atoms with Gasteiger partial charge in [-0.05, 0) is 112 Å². The molecule has 44 heavy (non-hydrogen) atoms. The molecule has 3 aromatic rings. The summed E-state index contributed by atoms with van der Waals surface area (Å²) in [6.45, 7) is 9.01. The Kier molecular flexibility index (Phi) is 8.22. The second kappa shape index (κ2) is 11.4. The maximum absolute atomic E-state index is 15.6. The Morgan fingerprint density at radius 2 is 1.77 bits per heavy atom. The lowest BCUT2D eigenvalue weighted by Crippen LogP contribution is -2.31. The number of carbonyl (C=O) groups is 2. The van der Waals surface area contributed by atoms with Gasteiger partial charge in [-0.25, -0.2) is 9.18 Å². The summed E-state index contributed by atoms with van der Waals surface area (Å²) < 4.78 is 69.1. The van der Waals surface area contributed by atoms with Crippen LogP contribution in [0.3, 0.4) is 0 Å². The fraction of sp³-hybridized carbons (Fsp3) is 0.394. The number of nitrogens with zero attached hydrogens (tertiary/aromatic N) is 1. The number of carboxylic acid groups (broad SMARTS) is 1. The summed E-state index contributed by atoms with van der Waals surface area (Å²) in [5.41, 5.74) is 1.13. The van der Waals surface area contributed by atoms with Crippen LogP contribution in [0.4, 0.5) is 23.2 Å². The van der Waals surface area contributed by atoms with E-state index in [1.54, 1.807) is 33.8 Å². The average Bonchev–Trinajstić information content (AvgIpc) is 3.35. The number of alkyl halides is 3. The molecule has 1 unspecified atom stereocenters. The highest BCUT2D eigenvalue weighted by atomic mass is 35.5. The van der Waals surface area contributed by atoms with E-state index in [-0.39, 0.29) is 23.7 Å². The number of fused-ring (bicyclic) bond motifs is 2. The summed E-state index contributed by atoms with van der Waals surface area (Å²) in [5, 5.41) is 10.2. The van der Waals surface area contributed by atoms with Gasteiger partial charge >= 0.3 is 12.1 Å². The lowest BCUT2D eigenvalue weighted by molar-refractivity contribution is -0.160. The van der Waals surface area contributed by atoms with E-state index in [2.05, 4.69) is 0 Å². The number of benzene rings is 3. The van der Waals surface area contributed by atoms with Crippen LogP contribution in [0.1, 0.15) is 77.0 Å². The van der Waals surface area contributed by atoms with E-state index in [0.29, 0.717) is 70.1 Å². The summed E-state index contributed by atoms with van der Waals surface area (Å²) in [7, 11) is 0. The molecule has 0 radical (unpaired) electrons. The zero-order valence-electron chi connectivity index (χ0n) is 24.9. The minimum Gasteiger partial charge on any atom is -0.490 e. The Labute approximate surface area is 257 Å². The van der Waals surface area contributed by atoms with Crippen molar-refractivity contribution < 1.29 is 41.7 Å². The maximum Gasteiger partial charge on any atom is 0.417 e. The number of rotatable bonds is 5. The van der Waals surface area contributed by atoms with Crippen LogP contribution < -0.4 is 9.64 Å². The molecule has 3 aromatic carbocycles. The SMILES string of the molecule is Cc1cc2c(c(-c3cc(F)c4c(c3C)CCCO4)c1C(OC(C)(C)C)C(=O)O)CCN2C(=O)c1ccc(Cl)cc1C(F)(F)F. The first-order chi connectivity index (χ1) is 20.5. The van der Waals surface area contributed by atoms with Crippen molar-refractivity contribution in [2.75, 3.05) is 18.1 Å². The van der Waals surface area contributed by atoms with Gasteiger partial charge in [0.05, 0.1) is 23.3 Å². The van der Waals surface area contributed by atoms with Crippen molar-refractivity contribution in [3.05, 3.63) is 80.1 Å². The predicted octanol–water partition coefficient (Wildman–Crippen LogP) is 8.25. The highest BCUT2D eigenvalue weighted by Gasteiger charge is 2.40. The molecule has 1 amide bonds. The van der Waals surface area contributed by atoms with Gasteiger partial charge in [0.1, 0.15) is 0 Å². The monoisotopic (exact) mass is 633 g/mol. The third-order valence-corrected chi connectivity index (χ3v) is 8.20. The fourth-order valence-electron chi connectivity index (χ4n) is 6.14. The van der Waals surface area contributed by atoms with E-state index in [1.807, 2.05) is 6.92 Å². The van der Waals surface area contributed by atoms with Crippen LogP contribution in [0.2, 0.25) is 5.02 Å². The molecule has 0 aliphatic carbocycles. The molecule has 2 aliphatic heterocycles. The molecule has 0 saturated carbocycles. The van der Waals surface area contributed by atoms with Gasteiger partial charge in [0, 0.05) is 28.4 Å². The van der Waals surface area contributed by atoms with Gasteiger partial charge in [0.25, 0.3) is 5.91 Å². The van der Waals surface area contributed by atoms with E-state index in [4.69, 9.17) is 21.1 Å². The summed E-state index contributed by atoms with van der Waals surface area (Å²) in [4.78, 5) is 27.7. The summed E-state index contributed by atoms with van der Waals surface area (Å²) >= 11 is 5.85. The lowest BCUT2D eigenvalue weighted by atomic mass is 9.83. The highest BCUT2D eigenvalue weighted by Crippen LogP contribution is 2.48. The normalized spacial score (nSPS) is 15.5. The minimum absolute atomic E-state index is 0.0252. The van der Waals surface area contributed by atoms with E-state index >= 15 is 4.39 Å². The standard InChI is InChI=1S/C33H32ClF4NO5/c1-16-13-25-21(10-11-39(25)30(40)20-9-8-18(34)14-23(20)33(36,37)38)27(26(16)29(31(41)42)44-32(3,4)5)22-15-24(35)28-19(17(22)2)7-6-12-43-28/h8-9,13-15,29H,6-7,10-12H2,1-5H3,(H,41,42). The van der Waals surface area contributed by atoms with Crippen LogP contribution in [0, 0.1) is 19.7 Å². The van der Waals surface area contributed by atoms with Crippen molar-refractivity contribution in [2.45, 2.75) is 71.8 Å². The van der Waals surface area contributed by atoms with Gasteiger partial charge < -0.3 is 19.5 Å². The van der Waals surface area contributed by atoms with Gasteiger partial charge in [0.15, 0.2) is 17.7 Å². The lowest BCUT2D eigenvalue weighted by Gasteiger charge is -2.30. The topological polar surface area (TPSA) is 76.1 Å². The molecular weight excluding hydrogens is 602 g/mol. The van der Waals surface area contributed by atoms with Crippen LogP contribution in [0.15, 0.2) is 30.3 Å². The molecule has 234 valence electrons. The number of halogens is 5. The number of hydrogen-bond acceptors (Lipinski definition) is 4. The molecule has 2 aliphatic rings. The Morgan fingerprint density at radius 1 is 1.07 bits per heavy atom. The Hall–Kier alpha value is -3.63. The average molecular weight is 634 g/mol. The van der Waals surface area contributed by atoms with Crippen molar-refractivity contribution >= 4 is 29.2 Å². The van der Waals surface area contributed by atoms with Crippen molar-refractivity contribution in [1.29, 1.82) is 0 Å². The summed E-state index contributed by atoms with van der Waals surface area (Å²) in [5.74, 6) is -2.59. The zero-order valence-corrected chi connectivity index (χ0v) is 25.7. The van der Waals surface area contributed by atoms with Crippen LogP contribution in [0.5, 0.6) is 5.75 Å². The Morgan fingerprint density at radius 3 is 2.41 bits per heavy atom. The fourth-order valence-corrected chi connectivity index (χ4v) is 6.31. The number of hydrogen-bond donors (Lipinski definition) is 1. The number of amides is 1. The molecule has 1 N–H and O–H groups in total. The van der Waals surface area contributed by atoms with Crippen LogP contribution in [0.25, 0.3) is 11.1 Å². The van der Waals surface area contributed by atoms with E-state index < -0.39 is 46.7 Å². The molecule has 5 rings (SSSR count). The van der Waals surface area contributed by atoms with Gasteiger partial charge in [-0.1, -0.05) is 11.6 Å². The molecule has 0 spiro atoms. The molecule has 0 saturated heterocycles. The largest absolute Gasteiger partial charge is 0.490 e. The third kappa shape index (κ3) is 5.77. The number of aryl methyl sites for hydroxylation is 1. The molecule has 0 fully saturated rings.